The molecule has 0 bridgehead atoms. The van der Waals surface area contributed by atoms with Crippen molar-refractivity contribution in [2.75, 3.05) is 39.3 Å². The van der Waals surface area contributed by atoms with Gasteiger partial charge in [-0.1, -0.05) is 38.1 Å². The van der Waals surface area contributed by atoms with Crippen molar-refractivity contribution in [1.29, 1.82) is 0 Å². The number of hydrogen-bond donors (Lipinski definition) is 1. The van der Waals surface area contributed by atoms with Gasteiger partial charge in [0.15, 0.2) is 0 Å². The quantitative estimate of drug-likeness (QED) is 0.796. The van der Waals surface area contributed by atoms with Gasteiger partial charge in [0.2, 0.25) is 5.91 Å². The maximum atomic E-state index is 12.4. The number of nitrogens with one attached hydrogen (secondary N) is 1. The molecular weight excluding hydrogens is 342 g/mol. The molecule has 6 nitrogen and oxygen atoms in total. The SMILES string of the molecule is CCOC(=O)N1CCN(CC(=O)N[C@@H](C)c2ccc(CC(C)C)cc2)CC1. The third-order valence-electron chi connectivity index (χ3n) is 4.77. The molecule has 150 valence electrons. The van der Waals surface area contributed by atoms with Crippen LogP contribution in [-0.4, -0.2) is 61.1 Å². The van der Waals surface area contributed by atoms with Gasteiger partial charge in [-0.2, -0.15) is 0 Å². The average molecular weight is 376 g/mol. The zero-order valence-electron chi connectivity index (χ0n) is 17.0. The molecular formula is C21H33N3O3. The molecule has 6 heteroatoms. The molecule has 1 aromatic rings. The summed E-state index contributed by atoms with van der Waals surface area (Å²) < 4.78 is 5.02. The lowest BCUT2D eigenvalue weighted by molar-refractivity contribution is -0.123. The molecule has 1 heterocycles. The van der Waals surface area contributed by atoms with E-state index >= 15 is 0 Å². The Morgan fingerprint density at radius 3 is 2.26 bits per heavy atom. The van der Waals surface area contributed by atoms with E-state index in [1.165, 1.54) is 5.56 Å². The number of hydrogen-bond acceptors (Lipinski definition) is 4. The minimum Gasteiger partial charge on any atom is -0.450 e. The third-order valence-corrected chi connectivity index (χ3v) is 4.77. The van der Waals surface area contributed by atoms with Gasteiger partial charge >= 0.3 is 6.09 Å². The molecule has 0 radical (unpaired) electrons. The number of amides is 2. The molecule has 1 saturated heterocycles. The van der Waals surface area contributed by atoms with Gasteiger partial charge in [-0.25, -0.2) is 4.79 Å². The first kappa shape index (κ1) is 21.2. The van der Waals surface area contributed by atoms with Crippen LogP contribution in [0.25, 0.3) is 0 Å². The first-order chi connectivity index (χ1) is 12.9. The van der Waals surface area contributed by atoms with Crippen LogP contribution in [-0.2, 0) is 16.0 Å². The van der Waals surface area contributed by atoms with Crippen molar-refractivity contribution in [3.05, 3.63) is 35.4 Å². The van der Waals surface area contributed by atoms with Crippen molar-refractivity contribution in [3.8, 4) is 0 Å². The molecule has 0 saturated carbocycles. The summed E-state index contributed by atoms with van der Waals surface area (Å²) >= 11 is 0. The van der Waals surface area contributed by atoms with Crippen LogP contribution in [0.1, 0.15) is 44.9 Å². The molecule has 2 rings (SSSR count). The van der Waals surface area contributed by atoms with Crippen molar-refractivity contribution < 1.29 is 14.3 Å². The summed E-state index contributed by atoms with van der Waals surface area (Å²) in [7, 11) is 0. The maximum absolute atomic E-state index is 12.4. The van der Waals surface area contributed by atoms with Crippen molar-refractivity contribution in [3.63, 3.8) is 0 Å². The predicted molar refractivity (Wildman–Crippen MR) is 107 cm³/mol. The summed E-state index contributed by atoms with van der Waals surface area (Å²) in [6.07, 6.45) is 0.801. The highest BCUT2D eigenvalue weighted by atomic mass is 16.6. The van der Waals surface area contributed by atoms with E-state index in [-0.39, 0.29) is 18.0 Å². The van der Waals surface area contributed by atoms with Crippen LogP contribution >= 0.6 is 0 Å². The lowest BCUT2D eigenvalue weighted by Gasteiger charge is -2.33. The van der Waals surface area contributed by atoms with Crippen molar-refractivity contribution >= 4 is 12.0 Å². The minimum atomic E-state index is -0.267. The van der Waals surface area contributed by atoms with E-state index in [9.17, 15) is 9.59 Å². The van der Waals surface area contributed by atoms with Gasteiger partial charge in [-0.15, -0.1) is 0 Å². The molecule has 1 N–H and O–H groups in total. The summed E-state index contributed by atoms with van der Waals surface area (Å²) in [5.41, 5.74) is 2.44. The fraction of sp³-hybridized carbons (Fsp3) is 0.619. The van der Waals surface area contributed by atoms with Crippen LogP contribution in [0.5, 0.6) is 0 Å². The van der Waals surface area contributed by atoms with Crippen LogP contribution in [0.3, 0.4) is 0 Å². The van der Waals surface area contributed by atoms with Gasteiger partial charge in [0.05, 0.1) is 19.2 Å². The number of rotatable bonds is 7. The highest BCUT2D eigenvalue weighted by Crippen LogP contribution is 2.15. The van der Waals surface area contributed by atoms with Crippen LogP contribution in [0.15, 0.2) is 24.3 Å². The molecule has 2 amide bonds. The topological polar surface area (TPSA) is 61.9 Å². The van der Waals surface area contributed by atoms with Gasteiger partial charge < -0.3 is 15.0 Å². The number of carbonyl (C=O) groups is 2. The van der Waals surface area contributed by atoms with Crippen LogP contribution in [0.4, 0.5) is 4.79 Å². The van der Waals surface area contributed by atoms with Crippen LogP contribution in [0.2, 0.25) is 0 Å². The lowest BCUT2D eigenvalue weighted by atomic mass is 10.00. The Bertz CT molecular complexity index is 608. The zero-order chi connectivity index (χ0) is 19.8. The van der Waals surface area contributed by atoms with Crippen LogP contribution in [0, 0.1) is 5.92 Å². The first-order valence-corrected chi connectivity index (χ1v) is 9.91. The average Bonchev–Trinajstić information content (AvgIpc) is 2.62. The number of ether oxygens (including phenoxy) is 1. The molecule has 1 atom stereocenters. The molecule has 27 heavy (non-hydrogen) atoms. The highest BCUT2D eigenvalue weighted by Gasteiger charge is 2.23. The molecule has 0 unspecified atom stereocenters. The second-order valence-corrected chi connectivity index (χ2v) is 7.59. The van der Waals surface area contributed by atoms with Gasteiger partial charge in [0.25, 0.3) is 0 Å². The van der Waals surface area contributed by atoms with Crippen LogP contribution < -0.4 is 5.32 Å². The molecule has 0 aliphatic carbocycles. The van der Waals surface area contributed by atoms with Gasteiger partial charge in [-0.3, -0.25) is 9.69 Å². The zero-order valence-corrected chi connectivity index (χ0v) is 17.0. The molecule has 0 aromatic heterocycles. The predicted octanol–water partition coefficient (Wildman–Crippen LogP) is 2.84. The molecule has 1 aliphatic heterocycles. The normalized spacial score (nSPS) is 16.3. The van der Waals surface area contributed by atoms with Gasteiger partial charge in [-0.05, 0) is 37.3 Å². The van der Waals surface area contributed by atoms with Gasteiger partial charge in [0, 0.05) is 26.2 Å². The second-order valence-electron chi connectivity index (χ2n) is 7.59. The summed E-state index contributed by atoms with van der Waals surface area (Å²) in [5, 5.41) is 3.07. The monoisotopic (exact) mass is 375 g/mol. The maximum Gasteiger partial charge on any atom is 0.409 e. The molecule has 0 spiro atoms. The van der Waals surface area contributed by atoms with E-state index < -0.39 is 0 Å². The molecule has 1 aliphatic rings. The fourth-order valence-corrected chi connectivity index (χ4v) is 3.29. The van der Waals surface area contributed by atoms with E-state index in [2.05, 4.69) is 48.3 Å². The molecule has 1 aromatic carbocycles. The van der Waals surface area contributed by atoms with Crippen molar-refractivity contribution in [2.45, 2.75) is 40.2 Å². The Morgan fingerprint density at radius 1 is 1.07 bits per heavy atom. The summed E-state index contributed by atoms with van der Waals surface area (Å²) in [6, 6.07) is 8.47. The minimum absolute atomic E-state index is 0.0124. The first-order valence-electron chi connectivity index (χ1n) is 9.91. The number of nitrogens with zero attached hydrogens (tertiary/aromatic N) is 2. The summed E-state index contributed by atoms with van der Waals surface area (Å²) in [5.74, 6) is 0.649. The Kier molecular flexibility index (Phi) is 8.10. The fourth-order valence-electron chi connectivity index (χ4n) is 3.29. The van der Waals surface area contributed by atoms with E-state index in [0.29, 0.717) is 45.2 Å². The number of carbonyl (C=O) groups excluding carboxylic acids is 2. The Balaban J connectivity index is 1.76. The largest absolute Gasteiger partial charge is 0.450 e. The van der Waals surface area contributed by atoms with E-state index in [1.54, 1.807) is 11.8 Å². The third kappa shape index (κ3) is 6.86. The second kappa shape index (κ2) is 10.3. The number of piperazine rings is 1. The standard InChI is InChI=1S/C21H33N3O3/c1-5-27-21(26)24-12-10-23(11-13-24)15-20(25)22-17(4)19-8-6-18(7-9-19)14-16(2)3/h6-9,16-17H,5,10-15H2,1-4H3,(H,22,25)/t17-/m0/s1. The Morgan fingerprint density at radius 2 is 1.70 bits per heavy atom. The van der Waals surface area contributed by atoms with E-state index in [4.69, 9.17) is 4.74 Å². The Labute approximate surface area is 162 Å². The smallest absolute Gasteiger partial charge is 0.409 e. The van der Waals surface area contributed by atoms with Crippen molar-refractivity contribution in [1.82, 2.24) is 15.1 Å². The number of benzene rings is 1. The summed E-state index contributed by atoms with van der Waals surface area (Å²) in [6.45, 7) is 11.5. The highest BCUT2D eigenvalue weighted by molar-refractivity contribution is 5.78. The Hall–Kier alpha value is -2.08. The van der Waals surface area contributed by atoms with E-state index in [0.717, 1.165) is 12.0 Å². The van der Waals surface area contributed by atoms with Crippen molar-refractivity contribution in [2.24, 2.45) is 5.92 Å². The molecule has 1 fully saturated rings. The summed E-state index contributed by atoms with van der Waals surface area (Å²) in [4.78, 5) is 27.9. The van der Waals surface area contributed by atoms with E-state index in [1.807, 2.05) is 6.92 Å². The lowest BCUT2D eigenvalue weighted by Crippen LogP contribution is -2.51. The van der Waals surface area contributed by atoms with Gasteiger partial charge in [0.1, 0.15) is 0 Å².